The van der Waals surface area contributed by atoms with Crippen LogP contribution in [0.2, 0.25) is 0 Å². The zero-order valence-electron chi connectivity index (χ0n) is 43.0. The van der Waals surface area contributed by atoms with Gasteiger partial charge in [0.1, 0.15) is 13.2 Å². The lowest BCUT2D eigenvalue weighted by Gasteiger charge is -2.18. The molecule has 1 atom stereocenters. The van der Waals surface area contributed by atoms with Crippen molar-refractivity contribution in [2.75, 3.05) is 13.2 Å². The molecule has 6 nitrogen and oxygen atoms in total. The van der Waals surface area contributed by atoms with Gasteiger partial charge in [0.2, 0.25) is 0 Å². The van der Waals surface area contributed by atoms with Gasteiger partial charge in [-0.3, -0.25) is 14.4 Å². The molecule has 0 aliphatic heterocycles. The van der Waals surface area contributed by atoms with Gasteiger partial charge in [0.15, 0.2) is 6.10 Å². The molecule has 0 radical (unpaired) electrons. The van der Waals surface area contributed by atoms with E-state index in [9.17, 15) is 14.4 Å². The molecule has 65 heavy (non-hydrogen) atoms. The molecule has 6 heteroatoms. The predicted octanol–water partition coefficient (Wildman–Crippen LogP) is 18.4. The van der Waals surface area contributed by atoms with Crippen molar-refractivity contribution in [2.45, 2.75) is 284 Å². The minimum absolute atomic E-state index is 0.0766. The second-order valence-electron chi connectivity index (χ2n) is 18.4. The molecule has 0 aromatic carbocycles. The Kier molecular flexibility index (Phi) is 51.3. The summed E-state index contributed by atoms with van der Waals surface area (Å²) in [5, 5.41) is 0. The highest BCUT2D eigenvalue weighted by molar-refractivity contribution is 5.71. The fraction of sp³-hybridized carbons (Fsp3) is 0.780. The quantitative estimate of drug-likeness (QED) is 0.0262. The largest absolute Gasteiger partial charge is 0.462 e. The number of allylic oxidation sites excluding steroid dienone is 10. The maximum absolute atomic E-state index is 12.8. The monoisotopic (exact) mass is 909 g/mol. The van der Waals surface area contributed by atoms with E-state index in [2.05, 4.69) is 81.5 Å². The molecule has 0 heterocycles. The topological polar surface area (TPSA) is 78.9 Å². The molecule has 0 spiro atoms. The summed E-state index contributed by atoms with van der Waals surface area (Å²) in [4.78, 5) is 38.1. The van der Waals surface area contributed by atoms with Crippen molar-refractivity contribution in [3.05, 3.63) is 60.8 Å². The Labute approximate surface area is 402 Å². The molecule has 0 saturated heterocycles. The minimum atomic E-state index is -0.778. The number of hydrogen-bond acceptors (Lipinski definition) is 6. The number of rotatable bonds is 50. The number of unbranched alkanes of at least 4 members (excludes halogenated alkanes) is 29. The molecule has 0 aliphatic carbocycles. The molecule has 0 bridgehead atoms. The van der Waals surface area contributed by atoms with Crippen molar-refractivity contribution in [1.82, 2.24) is 0 Å². The Hall–Kier alpha value is -2.89. The number of esters is 3. The smallest absolute Gasteiger partial charge is 0.306 e. The maximum Gasteiger partial charge on any atom is 0.306 e. The van der Waals surface area contributed by atoms with Crippen LogP contribution in [-0.2, 0) is 28.6 Å². The Bertz CT molecular complexity index is 1180. The summed E-state index contributed by atoms with van der Waals surface area (Å²) in [7, 11) is 0. The van der Waals surface area contributed by atoms with Crippen LogP contribution in [-0.4, -0.2) is 37.2 Å². The van der Waals surface area contributed by atoms with Gasteiger partial charge in [-0.15, -0.1) is 0 Å². The molecule has 0 aliphatic rings. The van der Waals surface area contributed by atoms with Crippen LogP contribution in [0.1, 0.15) is 278 Å². The first-order valence-electron chi connectivity index (χ1n) is 27.8. The van der Waals surface area contributed by atoms with E-state index in [1.807, 2.05) is 0 Å². The Morgan fingerprint density at radius 1 is 0.323 bits per heavy atom. The van der Waals surface area contributed by atoms with Crippen LogP contribution >= 0.6 is 0 Å². The van der Waals surface area contributed by atoms with Gasteiger partial charge in [-0.2, -0.15) is 0 Å². The summed E-state index contributed by atoms with van der Waals surface area (Å²) in [6, 6.07) is 0. The highest BCUT2D eigenvalue weighted by atomic mass is 16.6. The van der Waals surface area contributed by atoms with E-state index in [1.165, 1.54) is 141 Å². The van der Waals surface area contributed by atoms with E-state index < -0.39 is 6.10 Å². The Balaban J connectivity index is 4.35. The summed E-state index contributed by atoms with van der Waals surface area (Å²) in [6.45, 7) is 6.44. The Morgan fingerprint density at radius 2 is 0.600 bits per heavy atom. The van der Waals surface area contributed by atoms with Gasteiger partial charge >= 0.3 is 17.9 Å². The van der Waals surface area contributed by atoms with Crippen molar-refractivity contribution in [2.24, 2.45) is 0 Å². The third-order valence-corrected chi connectivity index (χ3v) is 12.0. The summed E-state index contributed by atoms with van der Waals surface area (Å²) in [5.41, 5.74) is 0. The molecular weight excluding hydrogens is 805 g/mol. The highest BCUT2D eigenvalue weighted by Crippen LogP contribution is 2.16. The first-order chi connectivity index (χ1) is 32.0. The van der Waals surface area contributed by atoms with Gasteiger partial charge in [-0.1, -0.05) is 242 Å². The molecular formula is C59H104O6. The molecule has 376 valence electrons. The molecule has 0 saturated carbocycles. The zero-order chi connectivity index (χ0) is 47.2. The number of carbonyl (C=O) groups is 3. The lowest BCUT2D eigenvalue weighted by Crippen LogP contribution is -2.30. The second-order valence-corrected chi connectivity index (χ2v) is 18.4. The van der Waals surface area contributed by atoms with Crippen molar-refractivity contribution in [3.63, 3.8) is 0 Å². The number of carbonyl (C=O) groups excluding carboxylic acids is 3. The average Bonchev–Trinajstić information content (AvgIpc) is 3.30. The van der Waals surface area contributed by atoms with Crippen LogP contribution in [0.25, 0.3) is 0 Å². The lowest BCUT2D eigenvalue weighted by atomic mass is 10.0. The van der Waals surface area contributed by atoms with E-state index in [0.29, 0.717) is 19.3 Å². The fourth-order valence-electron chi connectivity index (χ4n) is 7.91. The minimum Gasteiger partial charge on any atom is -0.462 e. The molecule has 0 rings (SSSR count). The van der Waals surface area contributed by atoms with Crippen LogP contribution in [0.5, 0.6) is 0 Å². The molecule has 0 fully saturated rings. The third kappa shape index (κ3) is 51.9. The van der Waals surface area contributed by atoms with E-state index in [4.69, 9.17) is 14.2 Å². The maximum atomic E-state index is 12.8. The third-order valence-electron chi connectivity index (χ3n) is 12.0. The summed E-state index contributed by atoms with van der Waals surface area (Å²) in [5.74, 6) is -0.880. The van der Waals surface area contributed by atoms with E-state index in [1.54, 1.807) is 0 Å². The van der Waals surface area contributed by atoms with Crippen LogP contribution in [0.3, 0.4) is 0 Å². The van der Waals surface area contributed by atoms with E-state index in [0.717, 1.165) is 96.3 Å². The molecule has 0 aromatic heterocycles. The SMILES string of the molecule is CC/C=C\C/C=C\C/C=C\CCCCCCCCCCCC(=O)OCC(COC(=O)CCCCCCCCCCCCCCCC)OC(=O)CCCCCCCCC/C=C\C/C=C\CC. The lowest BCUT2D eigenvalue weighted by molar-refractivity contribution is -0.167. The van der Waals surface area contributed by atoms with E-state index >= 15 is 0 Å². The van der Waals surface area contributed by atoms with Gasteiger partial charge < -0.3 is 14.2 Å². The van der Waals surface area contributed by atoms with Crippen molar-refractivity contribution < 1.29 is 28.6 Å². The van der Waals surface area contributed by atoms with Crippen LogP contribution in [0.15, 0.2) is 60.8 Å². The van der Waals surface area contributed by atoms with E-state index in [-0.39, 0.29) is 31.1 Å². The number of ether oxygens (including phenoxy) is 3. The fourth-order valence-corrected chi connectivity index (χ4v) is 7.91. The molecule has 0 amide bonds. The van der Waals surface area contributed by atoms with Gasteiger partial charge in [-0.05, 0) is 77.0 Å². The molecule has 0 N–H and O–H groups in total. The molecule has 1 unspecified atom stereocenters. The first kappa shape index (κ1) is 62.1. The Morgan fingerprint density at radius 3 is 0.938 bits per heavy atom. The zero-order valence-corrected chi connectivity index (χ0v) is 43.0. The van der Waals surface area contributed by atoms with Crippen LogP contribution in [0, 0.1) is 0 Å². The highest BCUT2D eigenvalue weighted by Gasteiger charge is 2.19. The van der Waals surface area contributed by atoms with Crippen LogP contribution < -0.4 is 0 Å². The van der Waals surface area contributed by atoms with Gasteiger partial charge in [0.25, 0.3) is 0 Å². The summed E-state index contributed by atoms with van der Waals surface area (Å²) >= 11 is 0. The van der Waals surface area contributed by atoms with Crippen molar-refractivity contribution in [1.29, 1.82) is 0 Å². The summed E-state index contributed by atoms with van der Waals surface area (Å²) in [6.07, 6.45) is 66.3. The second kappa shape index (κ2) is 53.7. The molecule has 0 aromatic rings. The van der Waals surface area contributed by atoms with Crippen molar-refractivity contribution >= 4 is 17.9 Å². The predicted molar refractivity (Wildman–Crippen MR) is 279 cm³/mol. The van der Waals surface area contributed by atoms with Crippen molar-refractivity contribution in [3.8, 4) is 0 Å². The van der Waals surface area contributed by atoms with Gasteiger partial charge in [0, 0.05) is 19.3 Å². The average molecular weight is 909 g/mol. The normalized spacial score (nSPS) is 12.5. The van der Waals surface area contributed by atoms with Crippen LogP contribution in [0.4, 0.5) is 0 Å². The van der Waals surface area contributed by atoms with Gasteiger partial charge in [0.05, 0.1) is 0 Å². The summed E-state index contributed by atoms with van der Waals surface area (Å²) < 4.78 is 16.8. The standard InChI is InChI=1S/C59H104O6/c1-4-7-10-13-16-19-22-25-28-29-30-31-32-35-37-40-43-46-49-52-58(61)64-55-56(65-59(62)53-50-47-44-41-38-34-27-24-21-18-15-12-9-6-3)54-63-57(60)51-48-45-42-39-36-33-26-23-20-17-14-11-8-5-2/h7,9-10,12,16,18-19,21,25,28,56H,4-6,8,11,13-15,17,20,22-24,26-27,29-55H2,1-3H3/b10-7-,12-9-,19-16-,21-18-,28-25-. The van der Waals surface area contributed by atoms with Gasteiger partial charge in [-0.25, -0.2) is 0 Å². The first-order valence-corrected chi connectivity index (χ1v) is 27.8. The number of hydrogen-bond donors (Lipinski definition) is 0.